The summed E-state index contributed by atoms with van der Waals surface area (Å²) in [5.74, 6) is -0.469. The minimum atomic E-state index is -0.772. The van der Waals surface area contributed by atoms with Gasteiger partial charge in [-0.1, -0.05) is 0 Å². The number of ether oxygens (including phenoxy) is 1. The van der Waals surface area contributed by atoms with Gasteiger partial charge in [-0.25, -0.2) is 4.79 Å². The van der Waals surface area contributed by atoms with E-state index >= 15 is 0 Å². The van der Waals surface area contributed by atoms with E-state index in [0.29, 0.717) is 38.6 Å². The molecule has 1 atom stereocenters. The normalized spacial score (nSPS) is 19.1. The molecule has 0 aromatic heterocycles. The van der Waals surface area contributed by atoms with Crippen LogP contribution in [0.25, 0.3) is 0 Å². The molecule has 1 heterocycles. The average Bonchev–Trinajstić information content (AvgIpc) is 2.82. The zero-order valence-electron chi connectivity index (χ0n) is 12.6. The lowest BCUT2D eigenvalue weighted by atomic mass is 10.0. The zero-order valence-corrected chi connectivity index (χ0v) is 12.6. The van der Waals surface area contributed by atoms with Gasteiger partial charge in [0, 0.05) is 32.7 Å². The van der Waals surface area contributed by atoms with Crippen LogP contribution in [0, 0.1) is 5.92 Å². The number of rotatable bonds is 7. The van der Waals surface area contributed by atoms with Gasteiger partial charge in [-0.05, 0) is 39.5 Å². The number of carboxylic acid groups (broad SMARTS) is 1. The van der Waals surface area contributed by atoms with Crippen LogP contribution in [0.3, 0.4) is 0 Å². The molecule has 0 spiro atoms. The number of carbonyl (C=O) groups is 2. The lowest BCUT2D eigenvalue weighted by Crippen LogP contribution is -2.45. The van der Waals surface area contributed by atoms with Crippen molar-refractivity contribution in [1.29, 1.82) is 0 Å². The number of likely N-dealkylation sites (tertiary alicyclic amines) is 1. The monoisotopic (exact) mass is 286 g/mol. The second-order valence-corrected chi connectivity index (χ2v) is 5.88. The highest BCUT2D eigenvalue weighted by atomic mass is 16.5. The molecule has 0 aliphatic carbocycles. The standard InChI is InChI=1S/C14H26N2O4/c1-4-20-14(2,3)10-15-13(19)16-8-7-11(9-16)5-6-12(17)18/h11H,4-10H2,1-3H3,(H,15,19)(H,17,18). The molecule has 1 fully saturated rings. The molecule has 0 radical (unpaired) electrons. The first-order chi connectivity index (χ1) is 9.34. The third kappa shape index (κ3) is 5.77. The van der Waals surface area contributed by atoms with Crippen LogP contribution < -0.4 is 5.32 Å². The van der Waals surface area contributed by atoms with Gasteiger partial charge in [0.15, 0.2) is 0 Å². The molecule has 0 aromatic carbocycles. The predicted octanol–water partition coefficient (Wildman–Crippen LogP) is 1.70. The highest BCUT2D eigenvalue weighted by molar-refractivity contribution is 5.74. The molecule has 0 bridgehead atoms. The minimum absolute atomic E-state index is 0.0874. The van der Waals surface area contributed by atoms with Gasteiger partial charge in [-0.15, -0.1) is 0 Å². The Hall–Kier alpha value is -1.30. The first-order valence-electron chi connectivity index (χ1n) is 7.22. The van der Waals surface area contributed by atoms with Crippen molar-refractivity contribution in [1.82, 2.24) is 10.2 Å². The average molecular weight is 286 g/mol. The second-order valence-electron chi connectivity index (χ2n) is 5.88. The summed E-state index contributed by atoms with van der Waals surface area (Å²) in [5, 5.41) is 11.5. The van der Waals surface area contributed by atoms with Gasteiger partial charge in [0.1, 0.15) is 0 Å². The molecule has 1 aliphatic rings. The molecular formula is C14H26N2O4. The maximum Gasteiger partial charge on any atom is 0.317 e. The van der Waals surface area contributed by atoms with Crippen molar-refractivity contribution in [2.75, 3.05) is 26.2 Å². The van der Waals surface area contributed by atoms with Gasteiger partial charge >= 0.3 is 12.0 Å². The minimum Gasteiger partial charge on any atom is -0.481 e. The Morgan fingerprint density at radius 1 is 1.45 bits per heavy atom. The number of carboxylic acids is 1. The second kappa shape index (κ2) is 7.47. The molecule has 1 unspecified atom stereocenters. The van der Waals surface area contributed by atoms with Crippen molar-refractivity contribution in [3.05, 3.63) is 0 Å². The van der Waals surface area contributed by atoms with E-state index in [1.165, 1.54) is 0 Å². The maximum absolute atomic E-state index is 12.0. The van der Waals surface area contributed by atoms with Crippen LogP contribution in [0.2, 0.25) is 0 Å². The molecule has 6 heteroatoms. The highest BCUT2D eigenvalue weighted by Crippen LogP contribution is 2.21. The molecule has 6 nitrogen and oxygen atoms in total. The topological polar surface area (TPSA) is 78.9 Å². The fourth-order valence-corrected chi connectivity index (χ4v) is 2.42. The number of nitrogens with zero attached hydrogens (tertiary/aromatic N) is 1. The van der Waals surface area contributed by atoms with E-state index < -0.39 is 5.97 Å². The quantitative estimate of drug-likeness (QED) is 0.746. The van der Waals surface area contributed by atoms with Gasteiger partial charge in [0.25, 0.3) is 0 Å². The molecule has 116 valence electrons. The molecule has 2 N–H and O–H groups in total. The Morgan fingerprint density at radius 3 is 2.75 bits per heavy atom. The van der Waals surface area contributed by atoms with Crippen molar-refractivity contribution in [2.45, 2.75) is 45.6 Å². The smallest absolute Gasteiger partial charge is 0.317 e. The van der Waals surface area contributed by atoms with Crippen molar-refractivity contribution in [3.8, 4) is 0 Å². The molecule has 1 rings (SSSR count). The van der Waals surface area contributed by atoms with E-state index in [9.17, 15) is 9.59 Å². The van der Waals surface area contributed by atoms with Crippen LogP contribution in [0.1, 0.15) is 40.0 Å². The summed E-state index contributed by atoms with van der Waals surface area (Å²) in [6, 6.07) is -0.0874. The fourth-order valence-electron chi connectivity index (χ4n) is 2.42. The van der Waals surface area contributed by atoms with Crippen LogP contribution in [-0.4, -0.2) is 53.8 Å². The van der Waals surface area contributed by atoms with Crippen molar-refractivity contribution < 1.29 is 19.4 Å². The summed E-state index contributed by atoms with van der Waals surface area (Å²) in [6.45, 7) is 8.24. The van der Waals surface area contributed by atoms with Crippen LogP contribution in [0.5, 0.6) is 0 Å². The van der Waals surface area contributed by atoms with E-state index in [4.69, 9.17) is 9.84 Å². The molecule has 1 saturated heterocycles. The van der Waals surface area contributed by atoms with Crippen molar-refractivity contribution in [2.24, 2.45) is 5.92 Å². The van der Waals surface area contributed by atoms with Gasteiger partial charge in [-0.3, -0.25) is 4.79 Å². The summed E-state index contributed by atoms with van der Waals surface area (Å²) < 4.78 is 5.53. The summed E-state index contributed by atoms with van der Waals surface area (Å²) in [5.41, 5.74) is -0.368. The lowest BCUT2D eigenvalue weighted by Gasteiger charge is -2.26. The van der Waals surface area contributed by atoms with Crippen LogP contribution in [0.15, 0.2) is 0 Å². The van der Waals surface area contributed by atoms with E-state index in [2.05, 4.69) is 5.32 Å². The summed E-state index contributed by atoms with van der Waals surface area (Å²) in [4.78, 5) is 24.3. The Morgan fingerprint density at radius 2 is 2.15 bits per heavy atom. The predicted molar refractivity (Wildman–Crippen MR) is 75.7 cm³/mol. The SMILES string of the molecule is CCOC(C)(C)CNC(=O)N1CCC(CCC(=O)O)C1. The number of hydrogen-bond donors (Lipinski definition) is 2. The number of hydrogen-bond acceptors (Lipinski definition) is 3. The van der Waals surface area contributed by atoms with Gasteiger partial charge in [0.05, 0.1) is 5.60 Å². The Kier molecular flexibility index (Phi) is 6.26. The maximum atomic E-state index is 12.0. The third-order valence-corrected chi connectivity index (χ3v) is 3.54. The number of carbonyl (C=O) groups excluding carboxylic acids is 1. The summed E-state index contributed by atoms with van der Waals surface area (Å²) in [7, 11) is 0. The third-order valence-electron chi connectivity index (χ3n) is 3.54. The van der Waals surface area contributed by atoms with Crippen molar-refractivity contribution >= 4 is 12.0 Å². The van der Waals surface area contributed by atoms with E-state index in [-0.39, 0.29) is 18.1 Å². The summed E-state index contributed by atoms with van der Waals surface area (Å²) in [6.07, 6.45) is 1.70. The summed E-state index contributed by atoms with van der Waals surface area (Å²) >= 11 is 0. The van der Waals surface area contributed by atoms with Gasteiger partial charge in [-0.2, -0.15) is 0 Å². The largest absolute Gasteiger partial charge is 0.481 e. The van der Waals surface area contributed by atoms with E-state index in [1.54, 1.807) is 4.90 Å². The van der Waals surface area contributed by atoms with Crippen LogP contribution >= 0.6 is 0 Å². The fraction of sp³-hybridized carbons (Fsp3) is 0.857. The Balaban J connectivity index is 2.30. The van der Waals surface area contributed by atoms with Gasteiger partial charge < -0.3 is 20.1 Å². The number of nitrogens with one attached hydrogen (secondary N) is 1. The molecule has 2 amide bonds. The first kappa shape index (κ1) is 16.8. The highest BCUT2D eigenvalue weighted by Gasteiger charge is 2.27. The molecule has 0 saturated carbocycles. The van der Waals surface area contributed by atoms with E-state index in [1.807, 2.05) is 20.8 Å². The van der Waals surface area contributed by atoms with Crippen LogP contribution in [-0.2, 0) is 9.53 Å². The number of urea groups is 1. The van der Waals surface area contributed by atoms with E-state index in [0.717, 1.165) is 6.42 Å². The van der Waals surface area contributed by atoms with Crippen LogP contribution in [0.4, 0.5) is 4.79 Å². The van der Waals surface area contributed by atoms with Crippen molar-refractivity contribution in [3.63, 3.8) is 0 Å². The Labute approximate surface area is 120 Å². The van der Waals surface area contributed by atoms with Gasteiger partial charge in [0.2, 0.25) is 0 Å². The Bertz CT molecular complexity index is 344. The lowest BCUT2D eigenvalue weighted by molar-refractivity contribution is -0.137. The number of amides is 2. The molecule has 20 heavy (non-hydrogen) atoms. The molecule has 0 aromatic rings. The first-order valence-corrected chi connectivity index (χ1v) is 7.22. The zero-order chi connectivity index (χ0) is 15.2. The molecule has 1 aliphatic heterocycles. The molecular weight excluding hydrogens is 260 g/mol. The number of aliphatic carboxylic acids is 1.